The number of aliphatic hydroxyl groups is 1. The van der Waals surface area contributed by atoms with Gasteiger partial charge in [0.15, 0.2) is 5.78 Å². The second kappa shape index (κ2) is 6.65. The molecule has 4 heteroatoms. The van der Waals surface area contributed by atoms with Gasteiger partial charge in [0.2, 0.25) is 0 Å². The minimum atomic E-state index is -0.331. The van der Waals surface area contributed by atoms with E-state index in [-0.39, 0.29) is 17.9 Å². The van der Waals surface area contributed by atoms with Crippen LogP contribution in [0.5, 0.6) is 0 Å². The quantitative estimate of drug-likeness (QED) is 0.851. The van der Waals surface area contributed by atoms with Crippen molar-refractivity contribution in [2.45, 2.75) is 37.8 Å². The van der Waals surface area contributed by atoms with Gasteiger partial charge in [0.1, 0.15) is 0 Å². The van der Waals surface area contributed by atoms with Crippen LogP contribution in [0.3, 0.4) is 0 Å². The van der Waals surface area contributed by atoms with Gasteiger partial charge in [-0.05, 0) is 32.0 Å². The Balaban J connectivity index is 1.97. The molecule has 1 aliphatic rings. The zero-order valence-electron chi connectivity index (χ0n) is 11.7. The van der Waals surface area contributed by atoms with Crippen molar-refractivity contribution in [2.24, 2.45) is 0 Å². The molecule has 0 heterocycles. The molecular weight excluding hydrogens is 252 g/mol. The van der Waals surface area contributed by atoms with E-state index >= 15 is 0 Å². The standard InChI is InChI=1S/C16H20N2O2/c1-18(14-4-2-3-5-15(14)19)11-16(20)13-8-6-12(10-17)7-9-13/h6-9,14-15,19H,2-5,11H2,1H3. The molecule has 1 aromatic rings. The van der Waals surface area contributed by atoms with Crippen LogP contribution in [0.15, 0.2) is 24.3 Å². The molecule has 0 saturated heterocycles. The summed E-state index contributed by atoms with van der Waals surface area (Å²) in [6, 6.07) is 8.80. The Hall–Kier alpha value is -1.70. The Bertz CT molecular complexity index is 504. The third kappa shape index (κ3) is 3.44. The van der Waals surface area contributed by atoms with Crippen molar-refractivity contribution in [3.05, 3.63) is 35.4 Å². The van der Waals surface area contributed by atoms with Crippen LogP contribution >= 0.6 is 0 Å². The van der Waals surface area contributed by atoms with E-state index in [9.17, 15) is 9.90 Å². The summed E-state index contributed by atoms with van der Waals surface area (Å²) in [5.41, 5.74) is 1.17. The van der Waals surface area contributed by atoms with Crippen LogP contribution < -0.4 is 0 Å². The summed E-state index contributed by atoms with van der Waals surface area (Å²) in [5, 5.41) is 18.7. The number of nitrogens with zero attached hydrogens (tertiary/aromatic N) is 2. The molecule has 1 N–H and O–H groups in total. The van der Waals surface area contributed by atoms with Crippen LogP contribution in [0.2, 0.25) is 0 Å². The second-order valence-electron chi connectivity index (χ2n) is 5.45. The predicted octanol–water partition coefficient (Wildman–Crippen LogP) is 1.98. The fourth-order valence-corrected chi connectivity index (χ4v) is 2.77. The lowest BCUT2D eigenvalue weighted by atomic mass is 9.91. The average molecular weight is 272 g/mol. The first-order valence-electron chi connectivity index (χ1n) is 7.03. The van der Waals surface area contributed by atoms with E-state index in [0.717, 1.165) is 25.7 Å². The van der Waals surface area contributed by atoms with Gasteiger partial charge in [0.05, 0.1) is 24.3 Å². The summed E-state index contributed by atoms with van der Waals surface area (Å²) in [7, 11) is 1.89. The SMILES string of the molecule is CN(CC(=O)c1ccc(C#N)cc1)C1CCCCC1O. The average Bonchev–Trinajstić information content (AvgIpc) is 2.47. The molecule has 20 heavy (non-hydrogen) atoms. The predicted molar refractivity (Wildman–Crippen MR) is 76.4 cm³/mol. The molecule has 1 aromatic carbocycles. The molecule has 1 saturated carbocycles. The number of hydrogen-bond acceptors (Lipinski definition) is 4. The van der Waals surface area contributed by atoms with Gasteiger partial charge in [-0.25, -0.2) is 0 Å². The zero-order valence-corrected chi connectivity index (χ0v) is 11.7. The number of carbonyl (C=O) groups is 1. The van der Waals surface area contributed by atoms with Crippen molar-refractivity contribution in [3.63, 3.8) is 0 Å². The second-order valence-corrected chi connectivity index (χ2v) is 5.45. The first kappa shape index (κ1) is 14.7. The topological polar surface area (TPSA) is 64.3 Å². The lowest BCUT2D eigenvalue weighted by Crippen LogP contribution is -2.45. The highest BCUT2D eigenvalue weighted by atomic mass is 16.3. The first-order valence-corrected chi connectivity index (χ1v) is 7.03. The molecular formula is C16H20N2O2. The highest BCUT2D eigenvalue weighted by molar-refractivity contribution is 5.97. The summed E-state index contributed by atoms with van der Waals surface area (Å²) in [5.74, 6) is 0.0229. The largest absolute Gasteiger partial charge is 0.391 e. The van der Waals surface area contributed by atoms with Crippen LogP contribution in [0.4, 0.5) is 0 Å². The van der Waals surface area contributed by atoms with Gasteiger partial charge in [-0.2, -0.15) is 5.26 Å². The van der Waals surface area contributed by atoms with Gasteiger partial charge >= 0.3 is 0 Å². The maximum Gasteiger partial charge on any atom is 0.176 e. The van der Waals surface area contributed by atoms with Crippen LogP contribution in [0.1, 0.15) is 41.6 Å². The van der Waals surface area contributed by atoms with Crippen LogP contribution in [0.25, 0.3) is 0 Å². The minimum Gasteiger partial charge on any atom is -0.391 e. The summed E-state index contributed by atoms with van der Waals surface area (Å²) in [6.07, 6.45) is 3.60. The van der Waals surface area contributed by atoms with E-state index in [1.54, 1.807) is 24.3 Å². The summed E-state index contributed by atoms with van der Waals surface area (Å²) >= 11 is 0. The Kier molecular flexibility index (Phi) is 4.89. The molecule has 0 aliphatic heterocycles. The van der Waals surface area contributed by atoms with Crippen molar-refractivity contribution >= 4 is 5.78 Å². The number of aliphatic hydroxyl groups excluding tert-OH is 1. The molecule has 1 aliphatic carbocycles. The van der Waals surface area contributed by atoms with E-state index < -0.39 is 0 Å². The molecule has 0 radical (unpaired) electrons. The lowest BCUT2D eigenvalue weighted by Gasteiger charge is -2.34. The molecule has 0 aromatic heterocycles. The molecule has 0 spiro atoms. The number of hydrogen-bond donors (Lipinski definition) is 1. The Morgan fingerprint density at radius 3 is 2.60 bits per heavy atom. The van der Waals surface area contributed by atoms with E-state index in [2.05, 4.69) is 0 Å². The fourth-order valence-electron chi connectivity index (χ4n) is 2.77. The number of carbonyl (C=O) groups excluding carboxylic acids is 1. The highest BCUT2D eigenvalue weighted by Gasteiger charge is 2.27. The Morgan fingerprint density at radius 1 is 1.35 bits per heavy atom. The van der Waals surface area contributed by atoms with Crippen LogP contribution in [-0.4, -0.2) is 41.5 Å². The number of rotatable bonds is 4. The number of nitriles is 1. The monoisotopic (exact) mass is 272 g/mol. The van der Waals surface area contributed by atoms with E-state index in [1.165, 1.54) is 0 Å². The van der Waals surface area contributed by atoms with Gasteiger partial charge < -0.3 is 5.11 Å². The molecule has 2 unspecified atom stereocenters. The third-order valence-corrected chi connectivity index (χ3v) is 3.99. The summed E-state index contributed by atoms with van der Waals surface area (Å²) < 4.78 is 0. The molecule has 0 amide bonds. The molecule has 0 bridgehead atoms. The molecule has 4 nitrogen and oxygen atoms in total. The van der Waals surface area contributed by atoms with Crippen molar-refractivity contribution in [1.82, 2.24) is 4.90 Å². The van der Waals surface area contributed by atoms with Gasteiger partial charge in [0.25, 0.3) is 0 Å². The van der Waals surface area contributed by atoms with Gasteiger partial charge in [-0.15, -0.1) is 0 Å². The fraction of sp³-hybridized carbons (Fsp3) is 0.500. The van der Waals surface area contributed by atoms with E-state index in [1.807, 2.05) is 18.0 Å². The summed E-state index contributed by atoms with van der Waals surface area (Å²) in [4.78, 5) is 14.1. The Labute approximate surface area is 119 Å². The number of ketones is 1. The maximum atomic E-state index is 12.2. The van der Waals surface area contributed by atoms with Gasteiger partial charge in [-0.1, -0.05) is 25.0 Å². The maximum absolute atomic E-state index is 12.2. The smallest absolute Gasteiger partial charge is 0.176 e. The third-order valence-electron chi connectivity index (χ3n) is 3.99. The normalized spacial score (nSPS) is 22.5. The van der Waals surface area contributed by atoms with Gasteiger partial charge in [0, 0.05) is 11.6 Å². The van der Waals surface area contributed by atoms with E-state index in [4.69, 9.17) is 5.26 Å². The number of likely N-dealkylation sites (N-methyl/N-ethyl adjacent to an activating group) is 1. The molecule has 2 atom stereocenters. The highest BCUT2D eigenvalue weighted by Crippen LogP contribution is 2.22. The first-order chi connectivity index (χ1) is 9.61. The van der Waals surface area contributed by atoms with Crippen molar-refractivity contribution < 1.29 is 9.90 Å². The van der Waals surface area contributed by atoms with E-state index in [0.29, 0.717) is 17.7 Å². The number of benzene rings is 1. The minimum absolute atomic E-state index is 0.0229. The Morgan fingerprint density at radius 2 is 2.00 bits per heavy atom. The van der Waals surface area contributed by atoms with Crippen molar-refractivity contribution in [1.29, 1.82) is 5.26 Å². The number of Topliss-reactive ketones (excluding diaryl/α,β-unsaturated/α-hetero) is 1. The van der Waals surface area contributed by atoms with Crippen LogP contribution in [-0.2, 0) is 0 Å². The molecule has 1 fully saturated rings. The van der Waals surface area contributed by atoms with Crippen molar-refractivity contribution in [2.75, 3.05) is 13.6 Å². The van der Waals surface area contributed by atoms with Crippen LogP contribution in [0, 0.1) is 11.3 Å². The van der Waals surface area contributed by atoms with Gasteiger partial charge in [-0.3, -0.25) is 9.69 Å². The summed E-state index contributed by atoms with van der Waals surface area (Å²) in [6.45, 7) is 0.299. The zero-order chi connectivity index (χ0) is 14.5. The molecule has 2 rings (SSSR count). The molecule has 106 valence electrons. The van der Waals surface area contributed by atoms with Crippen molar-refractivity contribution in [3.8, 4) is 6.07 Å². The lowest BCUT2D eigenvalue weighted by molar-refractivity contribution is 0.0322.